The number of carbonyl (C=O) groups excluding carboxylic acids is 1. The molecular formula is C31H53NO25. The van der Waals surface area contributed by atoms with E-state index in [1.54, 1.807) is 0 Å². The molecule has 5 saturated heterocycles. The summed E-state index contributed by atoms with van der Waals surface area (Å²) in [7, 11) is 0. The molecule has 5 heterocycles. The van der Waals surface area contributed by atoms with E-state index in [4.69, 9.17) is 42.6 Å². The Morgan fingerprint density at radius 3 is 1.54 bits per heavy atom. The fourth-order valence-electron chi connectivity index (χ4n) is 7.10. The Balaban J connectivity index is 1.53. The van der Waals surface area contributed by atoms with Crippen LogP contribution in [0.4, 0.5) is 0 Å². The van der Waals surface area contributed by atoms with Crippen LogP contribution in [0.2, 0.25) is 0 Å². The maximum Gasteiger partial charge on any atom is 0.217 e. The van der Waals surface area contributed by atoms with Gasteiger partial charge in [0.05, 0.1) is 33.0 Å². The minimum Gasteiger partial charge on any atom is -0.394 e. The van der Waals surface area contributed by atoms with Gasteiger partial charge in [-0.2, -0.15) is 0 Å². The van der Waals surface area contributed by atoms with Crippen LogP contribution in [0.15, 0.2) is 0 Å². The molecule has 0 aliphatic carbocycles. The lowest BCUT2D eigenvalue weighted by atomic mass is 9.95. The molecule has 0 bridgehead atoms. The van der Waals surface area contributed by atoms with Crippen molar-refractivity contribution in [2.24, 2.45) is 0 Å². The molecule has 1 amide bonds. The molecule has 0 spiro atoms. The van der Waals surface area contributed by atoms with E-state index in [9.17, 15) is 81.4 Å². The summed E-state index contributed by atoms with van der Waals surface area (Å²) < 4.78 is 51.4. The van der Waals surface area contributed by atoms with E-state index in [2.05, 4.69) is 5.32 Å². The maximum atomic E-state index is 12.1. The largest absolute Gasteiger partial charge is 0.394 e. The first kappa shape index (κ1) is 46.6. The van der Waals surface area contributed by atoms with Gasteiger partial charge in [-0.15, -0.1) is 0 Å². The van der Waals surface area contributed by atoms with Crippen LogP contribution in [0, 0.1) is 0 Å². The number of aliphatic hydroxyl groups is 15. The van der Waals surface area contributed by atoms with Crippen LogP contribution in [0.25, 0.3) is 0 Å². The predicted molar refractivity (Wildman–Crippen MR) is 172 cm³/mol. The molecule has 0 aromatic carbocycles. The zero-order valence-corrected chi connectivity index (χ0v) is 30.2. The van der Waals surface area contributed by atoms with Gasteiger partial charge in [-0.3, -0.25) is 4.79 Å². The van der Waals surface area contributed by atoms with E-state index in [-0.39, 0.29) is 0 Å². The molecule has 5 aliphatic rings. The number of hydrogen-bond donors (Lipinski definition) is 16. The lowest BCUT2D eigenvalue weighted by molar-refractivity contribution is -0.408. The molecule has 0 unspecified atom stereocenters. The highest BCUT2D eigenvalue weighted by Gasteiger charge is 2.57. The summed E-state index contributed by atoms with van der Waals surface area (Å²) in [5.74, 6) is -0.755. The fraction of sp³-hybridized carbons (Fsp3) is 0.968. The SMILES string of the molecule is CC(=O)N[C@H]1[C@H](O[C@@H]2[C@H](O[C@H]3[C@H](O)[C@@H](CO)O[C@@H](O[C@H]4[C@H](O)[C@@H](O)[C@H](O)O[C@@H]4CO)[C@H]3O[C@@H]3OC[C@@H](O)[C@H](O)[C@H]3O)O[C@H](CO)[C@@H](O)[C@@H]2O)O[C@H](CO)[C@@H](O)[C@@H]1O. The highest BCUT2D eigenvalue weighted by molar-refractivity contribution is 5.73. The lowest BCUT2D eigenvalue weighted by Gasteiger charge is -2.51. The monoisotopic (exact) mass is 839 g/mol. The van der Waals surface area contributed by atoms with Crippen LogP contribution in [-0.4, -0.2) is 263 Å². The molecule has 0 radical (unpaired) electrons. The molecule has 26 heteroatoms. The van der Waals surface area contributed by atoms with Crippen LogP contribution >= 0.6 is 0 Å². The van der Waals surface area contributed by atoms with Gasteiger partial charge >= 0.3 is 0 Å². The Morgan fingerprint density at radius 1 is 0.491 bits per heavy atom. The molecule has 5 rings (SSSR count). The van der Waals surface area contributed by atoms with Crippen LogP contribution in [0.5, 0.6) is 0 Å². The second-order valence-corrected chi connectivity index (χ2v) is 14.2. The molecule has 0 saturated carbocycles. The molecule has 16 N–H and O–H groups in total. The van der Waals surface area contributed by atoms with E-state index >= 15 is 0 Å². The van der Waals surface area contributed by atoms with Crippen molar-refractivity contribution in [3.63, 3.8) is 0 Å². The number of aliphatic hydroxyl groups excluding tert-OH is 15. The van der Waals surface area contributed by atoms with E-state index in [0.29, 0.717) is 0 Å². The van der Waals surface area contributed by atoms with Gasteiger partial charge in [0, 0.05) is 6.92 Å². The molecule has 57 heavy (non-hydrogen) atoms. The van der Waals surface area contributed by atoms with Crippen molar-refractivity contribution in [1.82, 2.24) is 5.32 Å². The van der Waals surface area contributed by atoms with Gasteiger partial charge in [0.15, 0.2) is 31.5 Å². The Kier molecular flexibility index (Phi) is 16.3. The third-order valence-electron chi connectivity index (χ3n) is 10.3. The first-order valence-electron chi connectivity index (χ1n) is 18.0. The van der Waals surface area contributed by atoms with Crippen molar-refractivity contribution in [1.29, 1.82) is 0 Å². The van der Waals surface area contributed by atoms with Crippen molar-refractivity contribution in [2.45, 2.75) is 154 Å². The summed E-state index contributed by atoms with van der Waals surface area (Å²) >= 11 is 0. The van der Waals surface area contributed by atoms with E-state index in [1.165, 1.54) is 0 Å². The van der Waals surface area contributed by atoms with Gasteiger partial charge < -0.3 is 125 Å². The third-order valence-corrected chi connectivity index (χ3v) is 10.3. The van der Waals surface area contributed by atoms with Gasteiger partial charge in [0.2, 0.25) is 5.91 Å². The van der Waals surface area contributed by atoms with Crippen molar-refractivity contribution >= 4 is 5.91 Å². The summed E-state index contributed by atoms with van der Waals surface area (Å²) in [6.07, 6.45) is -43.2. The average molecular weight is 840 g/mol. The number of rotatable bonds is 13. The molecule has 332 valence electrons. The standard InChI is InChI=1S/C31H53NO25/c1-7(37)32-13-18(43)15(40)9(2-33)51-28(13)56-25-19(44)16(41)10(3-34)52-30(25)55-24-17(42)11(4-35)53-31(26(24)57-29-22(47)14(39)8(38)6-49-29)54-23-12(5-36)50-27(48)21(46)20(23)45/h8-31,33-36,38-48H,2-6H2,1H3,(H,32,37)/t8-,9-,10-,11-,12-,13-,14+,15-,16-,17-,18-,19+,20-,21-,22-,23-,24+,25+,26+,27-,28+,29+,30+,31+/m1/s1. The summed E-state index contributed by atoms with van der Waals surface area (Å²) in [6, 6.07) is -1.61. The molecule has 0 aromatic rings. The number of hydrogen-bond acceptors (Lipinski definition) is 25. The van der Waals surface area contributed by atoms with Gasteiger partial charge in [-0.1, -0.05) is 0 Å². The van der Waals surface area contributed by atoms with Crippen molar-refractivity contribution in [2.75, 3.05) is 33.0 Å². The summed E-state index contributed by atoms with van der Waals surface area (Å²) in [5.41, 5.74) is 0. The zero-order chi connectivity index (χ0) is 42.0. The van der Waals surface area contributed by atoms with Crippen LogP contribution in [0.1, 0.15) is 6.92 Å². The number of nitrogens with one attached hydrogen (secondary N) is 1. The van der Waals surface area contributed by atoms with E-state index < -0.39 is 186 Å². The van der Waals surface area contributed by atoms with Crippen LogP contribution in [-0.2, 0) is 47.4 Å². The quantitative estimate of drug-likeness (QED) is 0.0818. The van der Waals surface area contributed by atoms with Crippen LogP contribution in [0.3, 0.4) is 0 Å². The van der Waals surface area contributed by atoms with E-state index in [1.807, 2.05) is 0 Å². The molecular weight excluding hydrogens is 786 g/mol. The second kappa shape index (κ2) is 19.9. The van der Waals surface area contributed by atoms with E-state index in [0.717, 1.165) is 6.92 Å². The first-order chi connectivity index (χ1) is 27.0. The number of carbonyl (C=O) groups is 1. The highest BCUT2D eigenvalue weighted by Crippen LogP contribution is 2.37. The summed E-state index contributed by atoms with van der Waals surface area (Å²) in [4.78, 5) is 12.1. The maximum absolute atomic E-state index is 12.1. The molecule has 0 aromatic heterocycles. The van der Waals surface area contributed by atoms with Crippen molar-refractivity contribution in [3.8, 4) is 0 Å². The summed E-state index contributed by atoms with van der Waals surface area (Å²) in [6.45, 7) is -3.33. The molecule has 5 aliphatic heterocycles. The third kappa shape index (κ3) is 9.85. The smallest absolute Gasteiger partial charge is 0.217 e. The minimum absolute atomic E-state index is 0.614. The van der Waals surface area contributed by atoms with Gasteiger partial charge in [0.25, 0.3) is 0 Å². The Bertz CT molecular complexity index is 1270. The number of ether oxygens (including phenoxy) is 9. The van der Waals surface area contributed by atoms with Gasteiger partial charge in [-0.05, 0) is 0 Å². The summed E-state index contributed by atoms with van der Waals surface area (Å²) in [5, 5.41) is 160. The Labute approximate surface area is 322 Å². The van der Waals surface area contributed by atoms with Gasteiger partial charge in [-0.25, -0.2) is 0 Å². The first-order valence-corrected chi connectivity index (χ1v) is 18.0. The highest BCUT2D eigenvalue weighted by atomic mass is 16.8. The number of amides is 1. The fourth-order valence-corrected chi connectivity index (χ4v) is 7.10. The van der Waals surface area contributed by atoms with Gasteiger partial charge in [0.1, 0.15) is 116 Å². The molecule has 26 nitrogen and oxygen atoms in total. The van der Waals surface area contributed by atoms with Crippen molar-refractivity contribution < 1.29 is 124 Å². The normalized spacial score (nSPS) is 51.0. The second-order valence-electron chi connectivity index (χ2n) is 14.2. The Hall–Kier alpha value is -1.49. The average Bonchev–Trinajstić information content (AvgIpc) is 3.18. The lowest BCUT2D eigenvalue weighted by Crippen LogP contribution is -2.69. The minimum atomic E-state index is -2.09. The predicted octanol–water partition coefficient (Wildman–Crippen LogP) is -11.1. The zero-order valence-electron chi connectivity index (χ0n) is 30.2. The topological polar surface area (TPSA) is 416 Å². The Morgan fingerprint density at radius 2 is 0.965 bits per heavy atom. The van der Waals surface area contributed by atoms with Crippen LogP contribution < -0.4 is 5.32 Å². The van der Waals surface area contributed by atoms with Crippen molar-refractivity contribution in [3.05, 3.63) is 0 Å². The molecule has 5 fully saturated rings. The molecule has 24 atom stereocenters.